The standard InChI is InChI=1S/C17H17NO6S2/c19-16(24-12-3-5-14-15(9-12)23-11-22-14)10-13-4-6-17(25-13)26(20,21)18-7-1-2-8-18/h3-6,9H,1-2,7-8,10-11H2. The van der Waals surface area contributed by atoms with Crippen LogP contribution in [0.3, 0.4) is 0 Å². The number of carbonyl (C=O) groups excluding carboxylic acids is 1. The number of fused-ring (bicyclic) bond motifs is 1. The van der Waals surface area contributed by atoms with E-state index in [0.29, 0.717) is 35.2 Å². The molecule has 0 aliphatic carbocycles. The topological polar surface area (TPSA) is 82.1 Å². The van der Waals surface area contributed by atoms with Crippen molar-refractivity contribution in [2.45, 2.75) is 23.5 Å². The van der Waals surface area contributed by atoms with Gasteiger partial charge in [0.15, 0.2) is 11.5 Å². The van der Waals surface area contributed by atoms with E-state index >= 15 is 0 Å². The SMILES string of the molecule is O=C(Cc1ccc(S(=O)(=O)N2CCCC2)s1)Oc1ccc2c(c1)OCO2. The van der Waals surface area contributed by atoms with E-state index in [9.17, 15) is 13.2 Å². The Labute approximate surface area is 155 Å². The average molecular weight is 395 g/mol. The number of thiophene rings is 1. The Hall–Kier alpha value is -2.10. The summed E-state index contributed by atoms with van der Waals surface area (Å²) in [7, 11) is -3.45. The van der Waals surface area contributed by atoms with E-state index in [0.717, 1.165) is 24.2 Å². The van der Waals surface area contributed by atoms with Gasteiger partial charge in [-0.15, -0.1) is 11.3 Å². The van der Waals surface area contributed by atoms with Crippen LogP contribution >= 0.6 is 11.3 Å². The van der Waals surface area contributed by atoms with Gasteiger partial charge in [-0.05, 0) is 37.1 Å². The van der Waals surface area contributed by atoms with E-state index in [4.69, 9.17) is 14.2 Å². The first kappa shape index (κ1) is 17.3. The molecule has 0 radical (unpaired) electrons. The number of ether oxygens (including phenoxy) is 3. The molecule has 1 aromatic carbocycles. The minimum Gasteiger partial charge on any atom is -0.454 e. The number of hydrogen-bond donors (Lipinski definition) is 0. The smallest absolute Gasteiger partial charge is 0.316 e. The number of esters is 1. The third-order valence-corrected chi connectivity index (χ3v) is 7.64. The first-order valence-corrected chi connectivity index (χ1v) is 10.5. The minimum atomic E-state index is -3.45. The quantitative estimate of drug-likeness (QED) is 0.571. The summed E-state index contributed by atoms with van der Waals surface area (Å²) in [5.41, 5.74) is 0. The molecule has 1 fully saturated rings. The molecule has 1 aromatic heterocycles. The molecule has 0 atom stereocenters. The summed E-state index contributed by atoms with van der Waals surface area (Å²) < 4.78 is 42.6. The van der Waals surface area contributed by atoms with Crippen molar-refractivity contribution in [3.8, 4) is 17.2 Å². The predicted octanol–water partition coefficient (Wildman–Crippen LogP) is 2.41. The highest BCUT2D eigenvalue weighted by Crippen LogP contribution is 2.35. The Morgan fingerprint density at radius 1 is 1.12 bits per heavy atom. The Morgan fingerprint density at radius 2 is 1.88 bits per heavy atom. The number of nitrogens with zero attached hydrogens (tertiary/aromatic N) is 1. The van der Waals surface area contributed by atoms with Crippen molar-refractivity contribution in [1.29, 1.82) is 0 Å². The molecule has 0 amide bonds. The van der Waals surface area contributed by atoms with Gasteiger partial charge in [0.1, 0.15) is 9.96 Å². The second-order valence-electron chi connectivity index (χ2n) is 6.00. The van der Waals surface area contributed by atoms with E-state index in [1.54, 1.807) is 30.3 Å². The van der Waals surface area contributed by atoms with Gasteiger partial charge in [0, 0.05) is 24.0 Å². The zero-order chi connectivity index (χ0) is 18.1. The molecule has 0 unspecified atom stereocenters. The predicted molar refractivity (Wildman–Crippen MR) is 94.2 cm³/mol. The number of rotatable bonds is 5. The summed E-state index contributed by atoms with van der Waals surface area (Å²) in [6.45, 7) is 1.26. The highest BCUT2D eigenvalue weighted by Gasteiger charge is 2.28. The fourth-order valence-electron chi connectivity index (χ4n) is 2.90. The molecule has 3 heterocycles. The van der Waals surface area contributed by atoms with Crippen molar-refractivity contribution in [2.75, 3.05) is 19.9 Å². The Bertz CT molecular complexity index is 930. The minimum absolute atomic E-state index is 0.00856. The molecule has 7 nitrogen and oxygen atoms in total. The lowest BCUT2D eigenvalue weighted by atomic mass is 10.3. The second-order valence-corrected chi connectivity index (χ2v) is 9.33. The van der Waals surface area contributed by atoms with Crippen molar-refractivity contribution < 1.29 is 27.4 Å². The second kappa shape index (κ2) is 6.90. The number of carbonyl (C=O) groups is 1. The van der Waals surface area contributed by atoms with Gasteiger partial charge in [0.25, 0.3) is 10.0 Å². The summed E-state index contributed by atoms with van der Waals surface area (Å²) in [5.74, 6) is 1.04. The summed E-state index contributed by atoms with van der Waals surface area (Å²) in [6, 6.07) is 8.12. The van der Waals surface area contributed by atoms with Crippen LogP contribution in [0.5, 0.6) is 17.2 Å². The molecule has 138 valence electrons. The fourth-order valence-corrected chi connectivity index (χ4v) is 5.91. The largest absolute Gasteiger partial charge is 0.454 e. The molecule has 2 aliphatic rings. The van der Waals surface area contributed by atoms with Gasteiger partial charge in [0.2, 0.25) is 6.79 Å². The number of hydrogen-bond acceptors (Lipinski definition) is 7. The van der Waals surface area contributed by atoms with Crippen molar-refractivity contribution in [3.63, 3.8) is 0 Å². The summed E-state index contributed by atoms with van der Waals surface area (Å²) in [4.78, 5) is 12.8. The van der Waals surface area contributed by atoms with Crippen LogP contribution in [0.4, 0.5) is 0 Å². The van der Waals surface area contributed by atoms with E-state index in [2.05, 4.69) is 0 Å². The Balaban J connectivity index is 1.41. The zero-order valence-corrected chi connectivity index (χ0v) is 15.5. The van der Waals surface area contributed by atoms with Crippen LogP contribution in [0.25, 0.3) is 0 Å². The lowest BCUT2D eigenvalue weighted by molar-refractivity contribution is -0.133. The summed E-state index contributed by atoms with van der Waals surface area (Å²) in [6.07, 6.45) is 1.78. The van der Waals surface area contributed by atoms with Crippen LogP contribution in [0.1, 0.15) is 17.7 Å². The molecule has 4 rings (SSSR count). The van der Waals surface area contributed by atoms with Gasteiger partial charge < -0.3 is 14.2 Å². The molecule has 0 bridgehead atoms. The third kappa shape index (κ3) is 3.42. The first-order valence-electron chi connectivity index (χ1n) is 8.21. The molecular formula is C17H17NO6S2. The lowest BCUT2D eigenvalue weighted by Gasteiger charge is -2.13. The highest BCUT2D eigenvalue weighted by atomic mass is 32.2. The molecule has 1 saturated heterocycles. The first-order chi connectivity index (χ1) is 12.5. The van der Waals surface area contributed by atoms with Crippen LogP contribution < -0.4 is 14.2 Å². The number of sulfonamides is 1. The maximum Gasteiger partial charge on any atom is 0.316 e. The highest BCUT2D eigenvalue weighted by molar-refractivity contribution is 7.91. The van der Waals surface area contributed by atoms with Gasteiger partial charge in [-0.2, -0.15) is 4.31 Å². The lowest BCUT2D eigenvalue weighted by Crippen LogP contribution is -2.27. The number of benzene rings is 1. The van der Waals surface area contributed by atoms with E-state index in [1.165, 1.54) is 4.31 Å². The average Bonchev–Trinajstić information content (AvgIpc) is 3.35. The monoisotopic (exact) mass is 395 g/mol. The van der Waals surface area contributed by atoms with Gasteiger partial charge >= 0.3 is 5.97 Å². The maximum absolute atomic E-state index is 12.5. The van der Waals surface area contributed by atoms with Gasteiger partial charge in [-0.25, -0.2) is 8.42 Å². The van der Waals surface area contributed by atoms with Gasteiger partial charge in [0.05, 0.1) is 6.42 Å². The molecule has 0 N–H and O–H groups in total. The zero-order valence-electron chi connectivity index (χ0n) is 13.8. The van der Waals surface area contributed by atoms with Gasteiger partial charge in [-0.1, -0.05) is 0 Å². The van der Waals surface area contributed by atoms with Crippen molar-refractivity contribution in [2.24, 2.45) is 0 Å². The van der Waals surface area contributed by atoms with Crippen LogP contribution in [-0.2, 0) is 21.2 Å². The fraction of sp³-hybridized carbons (Fsp3) is 0.353. The molecule has 0 saturated carbocycles. The Morgan fingerprint density at radius 3 is 2.69 bits per heavy atom. The molecular weight excluding hydrogens is 378 g/mol. The van der Waals surface area contributed by atoms with Crippen molar-refractivity contribution in [1.82, 2.24) is 4.31 Å². The summed E-state index contributed by atoms with van der Waals surface area (Å²) in [5, 5.41) is 0. The molecule has 2 aliphatic heterocycles. The molecule has 2 aromatic rings. The van der Waals surface area contributed by atoms with Crippen LogP contribution in [0.15, 0.2) is 34.5 Å². The molecule has 26 heavy (non-hydrogen) atoms. The van der Waals surface area contributed by atoms with Crippen molar-refractivity contribution in [3.05, 3.63) is 35.2 Å². The van der Waals surface area contributed by atoms with Crippen LogP contribution in [0.2, 0.25) is 0 Å². The molecule has 9 heteroatoms. The summed E-state index contributed by atoms with van der Waals surface area (Å²) >= 11 is 1.11. The van der Waals surface area contributed by atoms with Crippen LogP contribution in [0, 0.1) is 0 Å². The Kier molecular flexibility index (Phi) is 4.60. The van der Waals surface area contributed by atoms with E-state index in [1.807, 2.05) is 0 Å². The molecule has 0 spiro atoms. The van der Waals surface area contributed by atoms with E-state index < -0.39 is 16.0 Å². The van der Waals surface area contributed by atoms with Crippen molar-refractivity contribution >= 4 is 27.3 Å². The van der Waals surface area contributed by atoms with E-state index in [-0.39, 0.29) is 17.4 Å². The third-order valence-electron chi connectivity index (χ3n) is 4.19. The maximum atomic E-state index is 12.5. The van der Waals surface area contributed by atoms with Crippen LogP contribution in [-0.4, -0.2) is 38.6 Å². The normalized spacial score (nSPS) is 16.8. The van der Waals surface area contributed by atoms with Gasteiger partial charge in [-0.3, -0.25) is 4.79 Å².